The van der Waals surface area contributed by atoms with Gasteiger partial charge in [-0.15, -0.1) is 0 Å². The number of hydrogen-bond acceptors (Lipinski definition) is 3. The summed E-state index contributed by atoms with van der Waals surface area (Å²) in [6.07, 6.45) is 0.848. The number of carbonyl (C=O) groups excluding carboxylic acids is 1. The third kappa shape index (κ3) is 6.23. The quantitative estimate of drug-likeness (QED) is 0.812. The van der Waals surface area contributed by atoms with Crippen LogP contribution in [0.5, 0.6) is 0 Å². The van der Waals surface area contributed by atoms with Crippen molar-refractivity contribution in [3.8, 4) is 0 Å². The van der Waals surface area contributed by atoms with Gasteiger partial charge in [-0.05, 0) is 50.6 Å². The van der Waals surface area contributed by atoms with E-state index >= 15 is 0 Å². The summed E-state index contributed by atoms with van der Waals surface area (Å²) in [7, 11) is 1.88. The van der Waals surface area contributed by atoms with Crippen LogP contribution in [0.2, 0.25) is 0 Å². The summed E-state index contributed by atoms with van der Waals surface area (Å²) in [6, 6.07) is 4.82. The largest absolute Gasteiger partial charge is 0.327 e. The molecule has 21 heavy (non-hydrogen) atoms. The van der Waals surface area contributed by atoms with Crippen LogP contribution in [-0.4, -0.2) is 37.0 Å². The fraction of sp³-hybridized carbons (Fsp3) is 0.562. The zero-order valence-corrected chi connectivity index (χ0v) is 13.3. The van der Waals surface area contributed by atoms with E-state index in [1.165, 1.54) is 6.07 Å². The minimum atomic E-state index is -0.316. The minimum absolute atomic E-state index is 0.140. The van der Waals surface area contributed by atoms with Crippen LogP contribution >= 0.6 is 0 Å². The summed E-state index contributed by atoms with van der Waals surface area (Å²) in [4.78, 5) is 13.8. The Morgan fingerprint density at radius 2 is 2.10 bits per heavy atom. The first-order chi connectivity index (χ1) is 9.79. The standard InChI is InChI=1S/C16H26FN3O/c1-11(2)15(18)7-8-20(4)10-16(21)19-13-6-5-12(3)14(17)9-13/h5-6,9,11,15H,7-8,10,18H2,1-4H3,(H,19,21). The number of nitrogens with one attached hydrogen (secondary N) is 1. The van der Waals surface area contributed by atoms with Crippen molar-refractivity contribution < 1.29 is 9.18 Å². The molecule has 0 fully saturated rings. The van der Waals surface area contributed by atoms with E-state index in [1.54, 1.807) is 19.1 Å². The fourth-order valence-corrected chi connectivity index (χ4v) is 1.90. The molecule has 0 aromatic heterocycles. The zero-order valence-electron chi connectivity index (χ0n) is 13.3. The van der Waals surface area contributed by atoms with Gasteiger partial charge in [0, 0.05) is 11.7 Å². The van der Waals surface area contributed by atoms with Crippen molar-refractivity contribution in [2.24, 2.45) is 11.7 Å². The molecule has 1 unspecified atom stereocenters. The second-order valence-corrected chi connectivity index (χ2v) is 5.95. The molecule has 1 rings (SSSR count). The molecule has 0 aliphatic rings. The first kappa shape index (κ1) is 17.6. The van der Waals surface area contributed by atoms with Crippen LogP contribution < -0.4 is 11.1 Å². The summed E-state index contributed by atoms with van der Waals surface area (Å²) in [5.41, 5.74) is 7.03. The number of halogens is 1. The van der Waals surface area contributed by atoms with E-state index in [0.29, 0.717) is 17.2 Å². The number of hydrogen-bond donors (Lipinski definition) is 2. The second kappa shape index (κ2) is 8.10. The molecule has 1 atom stereocenters. The van der Waals surface area contributed by atoms with E-state index in [9.17, 15) is 9.18 Å². The molecule has 0 saturated heterocycles. The van der Waals surface area contributed by atoms with Crippen LogP contribution in [0.3, 0.4) is 0 Å². The predicted molar refractivity (Wildman–Crippen MR) is 84.7 cm³/mol. The lowest BCUT2D eigenvalue weighted by Crippen LogP contribution is -2.35. The number of anilines is 1. The molecule has 0 aliphatic heterocycles. The highest BCUT2D eigenvalue weighted by Gasteiger charge is 2.11. The first-order valence-electron chi connectivity index (χ1n) is 7.29. The lowest BCUT2D eigenvalue weighted by atomic mass is 10.0. The molecule has 118 valence electrons. The molecule has 3 N–H and O–H groups in total. The average molecular weight is 295 g/mol. The molecule has 0 radical (unpaired) electrons. The van der Waals surface area contributed by atoms with E-state index in [4.69, 9.17) is 5.73 Å². The Bertz CT molecular complexity index is 477. The van der Waals surface area contributed by atoms with Crippen molar-refractivity contribution in [2.75, 3.05) is 25.5 Å². The van der Waals surface area contributed by atoms with Gasteiger partial charge < -0.3 is 11.1 Å². The number of rotatable bonds is 7. The van der Waals surface area contributed by atoms with Crippen molar-refractivity contribution in [3.63, 3.8) is 0 Å². The Hall–Kier alpha value is -1.46. The molecular formula is C16H26FN3O. The molecule has 5 heteroatoms. The molecule has 1 aromatic rings. The Labute approximate surface area is 126 Å². The van der Waals surface area contributed by atoms with Gasteiger partial charge >= 0.3 is 0 Å². The molecule has 0 heterocycles. The molecule has 0 aliphatic carbocycles. The molecule has 1 amide bonds. The first-order valence-corrected chi connectivity index (χ1v) is 7.29. The maximum Gasteiger partial charge on any atom is 0.238 e. The normalized spacial score (nSPS) is 12.8. The minimum Gasteiger partial charge on any atom is -0.327 e. The van der Waals surface area contributed by atoms with E-state index in [-0.39, 0.29) is 24.3 Å². The van der Waals surface area contributed by atoms with Crippen molar-refractivity contribution in [1.82, 2.24) is 4.90 Å². The number of benzene rings is 1. The molecule has 4 nitrogen and oxygen atoms in total. The highest BCUT2D eigenvalue weighted by molar-refractivity contribution is 5.92. The van der Waals surface area contributed by atoms with Crippen LogP contribution in [0, 0.1) is 18.7 Å². The third-order valence-corrected chi connectivity index (χ3v) is 3.57. The van der Waals surface area contributed by atoms with Crippen LogP contribution in [0.1, 0.15) is 25.8 Å². The number of amides is 1. The smallest absolute Gasteiger partial charge is 0.238 e. The molecule has 0 bridgehead atoms. The van der Waals surface area contributed by atoms with E-state index in [2.05, 4.69) is 19.2 Å². The lowest BCUT2D eigenvalue weighted by Gasteiger charge is -2.21. The third-order valence-electron chi connectivity index (χ3n) is 3.57. The fourth-order valence-electron chi connectivity index (χ4n) is 1.90. The summed E-state index contributed by atoms with van der Waals surface area (Å²) in [6.45, 7) is 6.88. The van der Waals surface area contributed by atoms with Crippen LogP contribution in [0.25, 0.3) is 0 Å². The van der Waals surface area contributed by atoms with Crippen molar-refractivity contribution in [1.29, 1.82) is 0 Å². The average Bonchev–Trinajstić information content (AvgIpc) is 2.40. The van der Waals surface area contributed by atoms with Crippen molar-refractivity contribution in [2.45, 2.75) is 33.2 Å². The summed E-state index contributed by atoms with van der Waals surface area (Å²) < 4.78 is 13.4. The number of nitrogens with zero attached hydrogens (tertiary/aromatic N) is 1. The maximum absolute atomic E-state index is 13.4. The number of carbonyl (C=O) groups is 1. The van der Waals surface area contributed by atoms with Gasteiger partial charge in [-0.3, -0.25) is 9.69 Å². The molecule has 1 aromatic carbocycles. The lowest BCUT2D eigenvalue weighted by molar-refractivity contribution is -0.117. The summed E-state index contributed by atoms with van der Waals surface area (Å²) in [5.74, 6) is -0.0364. The van der Waals surface area contributed by atoms with E-state index in [1.807, 2.05) is 11.9 Å². The predicted octanol–water partition coefficient (Wildman–Crippen LogP) is 2.38. The van der Waals surface area contributed by atoms with Crippen LogP contribution in [0.4, 0.5) is 10.1 Å². The molecular weight excluding hydrogens is 269 g/mol. The van der Waals surface area contributed by atoms with Crippen molar-refractivity contribution in [3.05, 3.63) is 29.6 Å². The van der Waals surface area contributed by atoms with E-state index in [0.717, 1.165) is 13.0 Å². The topological polar surface area (TPSA) is 58.4 Å². The Morgan fingerprint density at radius 3 is 2.67 bits per heavy atom. The van der Waals surface area contributed by atoms with Gasteiger partial charge in [0.1, 0.15) is 5.82 Å². The number of aryl methyl sites for hydroxylation is 1. The van der Waals surface area contributed by atoms with Crippen LogP contribution in [0.15, 0.2) is 18.2 Å². The second-order valence-electron chi connectivity index (χ2n) is 5.95. The van der Waals surface area contributed by atoms with Gasteiger partial charge in [-0.25, -0.2) is 4.39 Å². The van der Waals surface area contributed by atoms with Crippen LogP contribution in [-0.2, 0) is 4.79 Å². The van der Waals surface area contributed by atoms with Gasteiger partial charge in [0.2, 0.25) is 5.91 Å². The van der Waals surface area contributed by atoms with Gasteiger partial charge in [-0.1, -0.05) is 19.9 Å². The zero-order chi connectivity index (χ0) is 16.0. The summed E-state index contributed by atoms with van der Waals surface area (Å²) >= 11 is 0. The summed E-state index contributed by atoms with van der Waals surface area (Å²) in [5, 5.41) is 2.70. The van der Waals surface area contributed by atoms with E-state index < -0.39 is 0 Å². The van der Waals surface area contributed by atoms with Gasteiger partial charge in [0.25, 0.3) is 0 Å². The SMILES string of the molecule is Cc1ccc(NC(=O)CN(C)CCC(N)C(C)C)cc1F. The van der Waals surface area contributed by atoms with Gasteiger partial charge in [0.15, 0.2) is 0 Å². The number of likely N-dealkylation sites (N-methyl/N-ethyl adjacent to an activating group) is 1. The molecule has 0 spiro atoms. The van der Waals surface area contributed by atoms with Gasteiger partial charge in [-0.2, -0.15) is 0 Å². The van der Waals surface area contributed by atoms with Crippen molar-refractivity contribution >= 4 is 11.6 Å². The Morgan fingerprint density at radius 1 is 1.43 bits per heavy atom. The van der Waals surface area contributed by atoms with Gasteiger partial charge in [0.05, 0.1) is 6.54 Å². The highest BCUT2D eigenvalue weighted by atomic mass is 19.1. The monoisotopic (exact) mass is 295 g/mol. The number of nitrogens with two attached hydrogens (primary N) is 1. The Kier molecular flexibility index (Phi) is 6.78. The Balaban J connectivity index is 2.40. The molecule has 0 saturated carbocycles. The maximum atomic E-state index is 13.4. The highest BCUT2D eigenvalue weighted by Crippen LogP contribution is 2.13.